The Morgan fingerprint density at radius 2 is 1.85 bits per heavy atom. The Morgan fingerprint density at radius 1 is 1.15 bits per heavy atom. The van der Waals surface area contributed by atoms with Crippen LogP contribution in [0.15, 0.2) is 42.5 Å². The summed E-state index contributed by atoms with van der Waals surface area (Å²) < 4.78 is 5.36. The van der Waals surface area contributed by atoms with Crippen LogP contribution in [0.25, 0.3) is 11.1 Å². The first-order chi connectivity index (χ1) is 9.58. The smallest absolute Gasteiger partial charge is 0.303 e. The van der Waals surface area contributed by atoms with E-state index in [0.717, 1.165) is 22.3 Å². The van der Waals surface area contributed by atoms with Gasteiger partial charge in [0.05, 0.1) is 4.92 Å². The number of carbonyl (C=O) groups is 1. The predicted octanol–water partition coefficient (Wildman–Crippen LogP) is 3.23. The van der Waals surface area contributed by atoms with E-state index in [1.807, 2.05) is 24.3 Å². The lowest BCUT2D eigenvalue weighted by atomic mass is 10.1. The summed E-state index contributed by atoms with van der Waals surface area (Å²) in [6.45, 7) is 1.35. The van der Waals surface area contributed by atoms with Gasteiger partial charge in [0, 0.05) is 30.2 Å². The predicted molar refractivity (Wildman–Crippen MR) is 72.1 cm³/mol. The third-order valence-electron chi connectivity index (χ3n) is 3.35. The largest absolute Gasteiger partial charge is 0.453 e. The van der Waals surface area contributed by atoms with Crippen molar-refractivity contribution in [2.24, 2.45) is 0 Å². The Labute approximate surface area is 115 Å². The summed E-state index contributed by atoms with van der Waals surface area (Å²) in [6, 6.07) is 12.1. The number of rotatable bonds is 2. The molecule has 0 saturated heterocycles. The van der Waals surface area contributed by atoms with Crippen LogP contribution < -0.4 is 0 Å². The zero-order valence-electron chi connectivity index (χ0n) is 10.7. The number of nitro groups is 1. The zero-order chi connectivity index (χ0) is 14.3. The number of nitro benzene ring substituents is 1. The maximum atomic E-state index is 11.3. The molecule has 20 heavy (non-hydrogen) atoms. The van der Waals surface area contributed by atoms with Gasteiger partial charge in [-0.25, -0.2) is 0 Å². The van der Waals surface area contributed by atoms with Gasteiger partial charge in [0.1, 0.15) is 0 Å². The SMILES string of the molecule is CC(=O)OC1c2ccccc2-c2cc([N+](=O)[O-])ccc21. The van der Waals surface area contributed by atoms with Gasteiger partial charge in [0.2, 0.25) is 0 Å². The van der Waals surface area contributed by atoms with Crippen LogP contribution in [0.4, 0.5) is 5.69 Å². The van der Waals surface area contributed by atoms with Crippen LogP contribution in [-0.4, -0.2) is 10.9 Å². The fourth-order valence-corrected chi connectivity index (χ4v) is 2.55. The van der Waals surface area contributed by atoms with Gasteiger partial charge in [-0.05, 0) is 17.2 Å². The van der Waals surface area contributed by atoms with E-state index < -0.39 is 11.0 Å². The molecule has 0 bridgehead atoms. The minimum absolute atomic E-state index is 0.0297. The maximum Gasteiger partial charge on any atom is 0.303 e. The monoisotopic (exact) mass is 269 g/mol. The maximum absolute atomic E-state index is 11.3. The van der Waals surface area contributed by atoms with E-state index in [4.69, 9.17) is 4.74 Å². The molecule has 0 spiro atoms. The Morgan fingerprint density at radius 3 is 2.55 bits per heavy atom. The summed E-state index contributed by atoms with van der Waals surface area (Å²) in [5.41, 5.74) is 3.30. The second kappa shape index (κ2) is 4.45. The van der Waals surface area contributed by atoms with Gasteiger partial charge in [0.25, 0.3) is 5.69 Å². The molecule has 0 fully saturated rings. The molecule has 1 unspecified atom stereocenters. The molecule has 5 nitrogen and oxygen atoms in total. The molecule has 0 aromatic heterocycles. The lowest BCUT2D eigenvalue weighted by Crippen LogP contribution is -2.07. The molecule has 0 amide bonds. The Bertz CT molecular complexity index is 724. The van der Waals surface area contributed by atoms with Gasteiger partial charge in [-0.2, -0.15) is 0 Å². The molecule has 100 valence electrons. The highest BCUT2D eigenvalue weighted by Crippen LogP contribution is 2.46. The highest BCUT2D eigenvalue weighted by Gasteiger charge is 2.31. The molecule has 1 aliphatic rings. The van der Waals surface area contributed by atoms with Crippen LogP contribution in [0.3, 0.4) is 0 Å². The summed E-state index contributed by atoms with van der Waals surface area (Å²) in [7, 11) is 0. The minimum Gasteiger partial charge on any atom is -0.453 e. The summed E-state index contributed by atoms with van der Waals surface area (Å²) in [6.07, 6.45) is -0.487. The summed E-state index contributed by atoms with van der Waals surface area (Å²) in [4.78, 5) is 21.7. The molecule has 1 aliphatic carbocycles. The van der Waals surface area contributed by atoms with Crippen molar-refractivity contribution >= 4 is 11.7 Å². The molecule has 2 aromatic rings. The first-order valence-electron chi connectivity index (χ1n) is 6.13. The standard InChI is InChI=1S/C15H11NO4/c1-9(17)20-15-12-5-3-2-4-11(12)14-8-10(16(18)19)6-7-13(14)15/h2-8,15H,1H3. The van der Waals surface area contributed by atoms with Crippen LogP contribution in [0.5, 0.6) is 0 Å². The molecule has 0 N–H and O–H groups in total. The van der Waals surface area contributed by atoms with Gasteiger partial charge in [-0.15, -0.1) is 0 Å². The van der Waals surface area contributed by atoms with E-state index in [2.05, 4.69) is 0 Å². The fraction of sp³-hybridized carbons (Fsp3) is 0.133. The van der Waals surface area contributed by atoms with Crippen molar-refractivity contribution in [1.82, 2.24) is 0 Å². The summed E-state index contributed by atoms with van der Waals surface area (Å²) in [5, 5.41) is 10.9. The van der Waals surface area contributed by atoms with Crippen molar-refractivity contribution in [1.29, 1.82) is 0 Å². The molecule has 1 atom stereocenters. The van der Waals surface area contributed by atoms with Gasteiger partial charge >= 0.3 is 5.97 Å². The molecule has 2 aromatic carbocycles. The zero-order valence-corrected chi connectivity index (χ0v) is 10.7. The second-order valence-corrected chi connectivity index (χ2v) is 4.61. The number of hydrogen-bond acceptors (Lipinski definition) is 4. The van der Waals surface area contributed by atoms with E-state index >= 15 is 0 Å². The highest BCUT2D eigenvalue weighted by atomic mass is 16.6. The van der Waals surface area contributed by atoms with Gasteiger partial charge < -0.3 is 4.74 Å². The van der Waals surface area contributed by atoms with E-state index in [1.54, 1.807) is 6.07 Å². The van der Waals surface area contributed by atoms with Crippen molar-refractivity contribution in [2.75, 3.05) is 0 Å². The molecular weight excluding hydrogens is 258 g/mol. The minimum atomic E-state index is -0.487. The molecule has 5 heteroatoms. The average molecular weight is 269 g/mol. The van der Waals surface area contributed by atoms with Crippen LogP contribution in [-0.2, 0) is 9.53 Å². The van der Waals surface area contributed by atoms with Crippen molar-refractivity contribution in [3.8, 4) is 11.1 Å². The van der Waals surface area contributed by atoms with Gasteiger partial charge in [0.15, 0.2) is 6.10 Å². The van der Waals surface area contributed by atoms with Crippen molar-refractivity contribution < 1.29 is 14.5 Å². The first-order valence-corrected chi connectivity index (χ1v) is 6.13. The summed E-state index contributed by atoms with van der Waals surface area (Å²) >= 11 is 0. The Balaban J connectivity index is 2.20. The Kier molecular flexibility index (Phi) is 2.75. The van der Waals surface area contributed by atoms with Crippen LogP contribution in [0, 0.1) is 10.1 Å². The van der Waals surface area contributed by atoms with Crippen LogP contribution in [0.1, 0.15) is 24.2 Å². The van der Waals surface area contributed by atoms with Crippen molar-refractivity contribution in [3.63, 3.8) is 0 Å². The number of carbonyl (C=O) groups excluding carboxylic acids is 1. The number of non-ortho nitro benzene ring substituents is 1. The lowest BCUT2D eigenvalue weighted by molar-refractivity contribution is -0.384. The van der Waals surface area contributed by atoms with Gasteiger partial charge in [-0.3, -0.25) is 14.9 Å². The number of ether oxygens (including phenoxy) is 1. The fourth-order valence-electron chi connectivity index (χ4n) is 2.55. The van der Waals surface area contributed by atoms with E-state index in [0.29, 0.717) is 0 Å². The van der Waals surface area contributed by atoms with Crippen molar-refractivity contribution in [3.05, 3.63) is 63.7 Å². The lowest BCUT2D eigenvalue weighted by Gasteiger charge is -2.13. The molecular formula is C15H11NO4. The van der Waals surface area contributed by atoms with Crippen LogP contribution >= 0.6 is 0 Å². The molecule has 3 rings (SSSR count). The number of fused-ring (bicyclic) bond motifs is 3. The molecule has 0 saturated carbocycles. The number of nitrogens with zero attached hydrogens (tertiary/aromatic N) is 1. The van der Waals surface area contributed by atoms with E-state index in [-0.39, 0.29) is 11.7 Å². The summed E-state index contributed by atoms with van der Waals surface area (Å²) in [5.74, 6) is -0.379. The Hall–Kier alpha value is -2.69. The molecule has 0 aliphatic heterocycles. The number of esters is 1. The highest BCUT2D eigenvalue weighted by molar-refractivity contribution is 5.81. The van der Waals surface area contributed by atoms with E-state index in [1.165, 1.54) is 19.1 Å². The third-order valence-corrected chi connectivity index (χ3v) is 3.35. The number of benzene rings is 2. The van der Waals surface area contributed by atoms with Crippen LogP contribution in [0.2, 0.25) is 0 Å². The average Bonchev–Trinajstić information content (AvgIpc) is 2.73. The molecule has 0 heterocycles. The quantitative estimate of drug-likeness (QED) is 0.477. The van der Waals surface area contributed by atoms with E-state index in [9.17, 15) is 14.9 Å². The van der Waals surface area contributed by atoms with Gasteiger partial charge in [-0.1, -0.05) is 24.3 Å². The second-order valence-electron chi connectivity index (χ2n) is 4.61. The normalized spacial score (nSPS) is 15.3. The number of hydrogen-bond donors (Lipinski definition) is 0. The first kappa shape index (κ1) is 12.3. The molecule has 0 radical (unpaired) electrons. The third kappa shape index (κ3) is 1.84. The topological polar surface area (TPSA) is 69.4 Å². The van der Waals surface area contributed by atoms with Crippen molar-refractivity contribution in [2.45, 2.75) is 13.0 Å².